The first-order chi connectivity index (χ1) is 6.08. The Morgan fingerprint density at radius 2 is 2.15 bits per heavy atom. The van der Waals surface area contributed by atoms with Gasteiger partial charge < -0.3 is 4.74 Å². The van der Waals surface area contributed by atoms with Gasteiger partial charge in [0.2, 0.25) is 0 Å². The van der Waals surface area contributed by atoms with Crippen LogP contribution in [0.25, 0.3) is 0 Å². The molecule has 0 aliphatic heterocycles. The summed E-state index contributed by atoms with van der Waals surface area (Å²) in [6.45, 7) is 10.4. The maximum Gasteiger partial charge on any atom is 0.0828 e. The third kappa shape index (κ3) is 5.09. The Morgan fingerprint density at radius 1 is 1.54 bits per heavy atom. The maximum atomic E-state index is 5.38. The quantitative estimate of drug-likeness (QED) is 0.547. The molecule has 0 amide bonds. The zero-order chi connectivity index (χ0) is 10.3. The molecular weight excluding hydrogens is 160 g/mol. The lowest BCUT2D eigenvalue weighted by Crippen LogP contribution is -2.23. The van der Waals surface area contributed by atoms with Crippen molar-refractivity contribution in [2.45, 2.75) is 52.1 Å². The molecular formula is C12H24O. The summed E-state index contributed by atoms with van der Waals surface area (Å²) in [5.41, 5.74) is -0.118. The van der Waals surface area contributed by atoms with Crippen LogP contribution in [0.5, 0.6) is 0 Å². The summed E-state index contributed by atoms with van der Waals surface area (Å²) in [5.74, 6) is 0.839. The summed E-state index contributed by atoms with van der Waals surface area (Å²) < 4.78 is 5.38. The van der Waals surface area contributed by atoms with Crippen LogP contribution >= 0.6 is 0 Å². The maximum absolute atomic E-state index is 5.38. The van der Waals surface area contributed by atoms with E-state index < -0.39 is 0 Å². The normalized spacial score (nSPS) is 17.8. The van der Waals surface area contributed by atoms with Gasteiger partial charge in [-0.15, -0.1) is 6.58 Å². The van der Waals surface area contributed by atoms with Gasteiger partial charge in [0, 0.05) is 7.11 Å². The average molecular weight is 184 g/mol. The smallest absolute Gasteiger partial charge is 0.0828 e. The second-order valence-corrected chi connectivity index (χ2v) is 4.13. The van der Waals surface area contributed by atoms with Crippen LogP contribution < -0.4 is 0 Å². The molecule has 0 radical (unpaired) electrons. The molecule has 1 heteroatoms. The predicted molar refractivity (Wildman–Crippen MR) is 58.9 cm³/mol. The van der Waals surface area contributed by atoms with Gasteiger partial charge in [-0.05, 0) is 25.7 Å². The van der Waals surface area contributed by atoms with Crippen LogP contribution in [0, 0.1) is 5.92 Å². The highest BCUT2D eigenvalue weighted by Crippen LogP contribution is 2.21. The van der Waals surface area contributed by atoms with Crippen molar-refractivity contribution < 1.29 is 4.74 Å². The molecule has 0 aromatic carbocycles. The van der Waals surface area contributed by atoms with E-state index in [1.54, 1.807) is 7.11 Å². The lowest BCUT2D eigenvalue weighted by Gasteiger charge is -2.24. The van der Waals surface area contributed by atoms with Crippen molar-refractivity contribution in [1.29, 1.82) is 0 Å². The Labute approximate surface area is 83.2 Å². The summed E-state index contributed by atoms with van der Waals surface area (Å²) in [6.07, 6.45) is 6.79. The van der Waals surface area contributed by atoms with Crippen molar-refractivity contribution in [2.24, 2.45) is 5.92 Å². The molecule has 0 aliphatic carbocycles. The first-order valence-corrected chi connectivity index (χ1v) is 5.26. The molecule has 78 valence electrons. The van der Waals surface area contributed by atoms with Crippen LogP contribution in [-0.2, 0) is 4.74 Å². The Bertz CT molecular complexity index is 142. The highest BCUT2D eigenvalue weighted by Gasteiger charge is 2.18. The number of methoxy groups -OCH3 is 1. The van der Waals surface area contributed by atoms with Crippen LogP contribution in [0.4, 0.5) is 0 Å². The first kappa shape index (κ1) is 12.7. The number of hydrogen-bond acceptors (Lipinski definition) is 1. The molecule has 0 N–H and O–H groups in total. The number of ether oxygens (including phenoxy) is 1. The largest absolute Gasteiger partial charge is 0.374 e. The highest BCUT2D eigenvalue weighted by atomic mass is 16.5. The zero-order valence-electron chi connectivity index (χ0n) is 9.60. The fourth-order valence-electron chi connectivity index (χ4n) is 1.29. The minimum Gasteiger partial charge on any atom is -0.374 e. The molecule has 0 rings (SSSR count). The summed E-state index contributed by atoms with van der Waals surface area (Å²) in [4.78, 5) is 0. The minimum absolute atomic E-state index is 0.118. The molecule has 0 saturated carbocycles. The van der Waals surface area contributed by atoms with Gasteiger partial charge in [-0.1, -0.05) is 32.8 Å². The third-order valence-electron chi connectivity index (χ3n) is 2.97. The minimum atomic E-state index is -0.118. The Hall–Kier alpha value is -0.300. The number of hydrogen-bond donors (Lipinski definition) is 0. The van der Waals surface area contributed by atoms with Crippen molar-refractivity contribution in [3.8, 4) is 0 Å². The van der Waals surface area contributed by atoms with Crippen molar-refractivity contribution in [2.75, 3.05) is 7.11 Å². The van der Waals surface area contributed by atoms with E-state index in [0.29, 0.717) is 0 Å². The molecule has 0 spiro atoms. The molecule has 1 nitrogen and oxygen atoms in total. The standard InChI is InChI=1S/C12H24O/c1-6-11(3)9-8-10-12(4,7-2)13-5/h7,11H,2,6,8-10H2,1,3-5H3. The molecule has 0 heterocycles. The van der Waals surface area contributed by atoms with E-state index >= 15 is 0 Å². The summed E-state index contributed by atoms with van der Waals surface area (Å²) in [7, 11) is 1.75. The van der Waals surface area contributed by atoms with E-state index in [4.69, 9.17) is 4.74 Å². The van der Waals surface area contributed by atoms with Crippen LogP contribution in [-0.4, -0.2) is 12.7 Å². The summed E-state index contributed by atoms with van der Waals surface area (Å²) >= 11 is 0. The Morgan fingerprint density at radius 3 is 2.54 bits per heavy atom. The van der Waals surface area contributed by atoms with Gasteiger partial charge in [0.05, 0.1) is 5.60 Å². The topological polar surface area (TPSA) is 9.23 Å². The Balaban J connectivity index is 3.67. The molecule has 0 fully saturated rings. The van der Waals surface area contributed by atoms with Crippen LogP contribution in [0.15, 0.2) is 12.7 Å². The molecule has 0 aliphatic rings. The second-order valence-electron chi connectivity index (χ2n) is 4.13. The Kier molecular flexibility index (Phi) is 6.06. The number of rotatable bonds is 7. The van der Waals surface area contributed by atoms with Crippen LogP contribution in [0.1, 0.15) is 46.5 Å². The monoisotopic (exact) mass is 184 g/mol. The van der Waals surface area contributed by atoms with E-state index in [-0.39, 0.29) is 5.60 Å². The SMILES string of the molecule is C=CC(C)(CCCC(C)CC)OC. The van der Waals surface area contributed by atoms with Crippen LogP contribution in [0.3, 0.4) is 0 Å². The lowest BCUT2D eigenvalue weighted by atomic mass is 9.94. The average Bonchev–Trinajstić information content (AvgIpc) is 2.17. The van der Waals surface area contributed by atoms with Gasteiger partial charge in [-0.25, -0.2) is 0 Å². The van der Waals surface area contributed by atoms with Gasteiger partial charge in [0.25, 0.3) is 0 Å². The molecule has 13 heavy (non-hydrogen) atoms. The van der Waals surface area contributed by atoms with E-state index in [0.717, 1.165) is 12.3 Å². The fraction of sp³-hybridized carbons (Fsp3) is 0.833. The molecule has 0 aromatic heterocycles. The van der Waals surface area contributed by atoms with Crippen LogP contribution in [0.2, 0.25) is 0 Å². The summed E-state index contributed by atoms with van der Waals surface area (Å²) in [5, 5.41) is 0. The molecule has 0 aromatic rings. The van der Waals surface area contributed by atoms with Gasteiger partial charge in [0.1, 0.15) is 0 Å². The van der Waals surface area contributed by atoms with Gasteiger partial charge >= 0.3 is 0 Å². The highest BCUT2D eigenvalue weighted by molar-refractivity contribution is 4.93. The van der Waals surface area contributed by atoms with Crippen molar-refractivity contribution in [1.82, 2.24) is 0 Å². The third-order valence-corrected chi connectivity index (χ3v) is 2.97. The van der Waals surface area contributed by atoms with Gasteiger partial charge in [-0.2, -0.15) is 0 Å². The van der Waals surface area contributed by atoms with Gasteiger partial charge in [0.15, 0.2) is 0 Å². The van der Waals surface area contributed by atoms with E-state index in [1.807, 2.05) is 6.08 Å². The zero-order valence-corrected chi connectivity index (χ0v) is 9.60. The van der Waals surface area contributed by atoms with Crippen molar-refractivity contribution >= 4 is 0 Å². The van der Waals surface area contributed by atoms with E-state index in [1.165, 1.54) is 19.3 Å². The fourth-order valence-corrected chi connectivity index (χ4v) is 1.29. The lowest BCUT2D eigenvalue weighted by molar-refractivity contribution is 0.0387. The molecule has 2 atom stereocenters. The summed E-state index contributed by atoms with van der Waals surface area (Å²) in [6, 6.07) is 0. The predicted octanol–water partition coefficient (Wildman–Crippen LogP) is 3.79. The second kappa shape index (κ2) is 6.20. The van der Waals surface area contributed by atoms with E-state index in [2.05, 4.69) is 27.4 Å². The molecule has 2 unspecified atom stereocenters. The molecule has 0 saturated heterocycles. The van der Waals surface area contributed by atoms with E-state index in [9.17, 15) is 0 Å². The van der Waals surface area contributed by atoms with Crippen molar-refractivity contribution in [3.05, 3.63) is 12.7 Å². The molecule has 0 bridgehead atoms. The van der Waals surface area contributed by atoms with Crippen molar-refractivity contribution in [3.63, 3.8) is 0 Å². The van der Waals surface area contributed by atoms with Gasteiger partial charge in [-0.3, -0.25) is 0 Å². The first-order valence-electron chi connectivity index (χ1n) is 5.26.